The van der Waals surface area contributed by atoms with E-state index < -0.39 is 0 Å². The Balaban J connectivity index is 1.40. The number of amides is 1. The second kappa shape index (κ2) is 7.59. The summed E-state index contributed by atoms with van der Waals surface area (Å²) in [5, 5.41) is 3.19. The molecule has 134 valence electrons. The minimum atomic E-state index is 0.178. The predicted molar refractivity (Wildman–Crippen MR) is 100 cm³/mol. The molecule has 0 unspecified atom stereocenters. The number of nitrogens with zero attached hydrogens (tertiary/aromatic N) is 2. The molecule has 0 aromatic carbocycles. The van der Waals surface area contributed by atoms with Gasteiger partial charge in [-0.15, -0.1) is 0 Å². The molecule has 1 saturated heterocycles. The summed E-state index contributed by atoms with van der Waals surface area (Å²) in [6.45, 7) is 2.75. The van der Waals surface area contributed by atoms with E-state index in [1.54, 1.807) is 0 Å². The number of aromatic nitrogens is 1. The van der Waals surface area contributed by atoms with Crippen LogP contribution in [0.3, 0.4) is 0 Å². The van der Waals surface area contributed by atoms with Crippen LogP contribution in [0.25, 0.3) is 0 Å². The van der Waals surface area contributed by atoms with Crippen LogP contribution >= 0.6 is 0 Å². The zero-order valence-corrected chi connectivity index (χ0v) is 15.0. The van der Waals surface area contributed by atoms with Crippen LogP contribution in [0, 0.1) is 17.8 Å². The van der Waals surface area contributed by atoms with Crippen LogP contribution in [0.5, 0.6) is 0 Å². The van der Waals surface area contributed by atoms with E-state index in [1.165, 1.54) is 38.5 Å². The molecular formula is C21H29N3O. The molecule has 4 rings (SSSR count). The van der Waals surface area contributed by atoms with Crippen molar-refractivity contribution < 1.29 is 4.79 Å². The van der Waals surface area contributed by atoms with Gasteiger partial charge >= 0.3 is 0 Å². The van der Waals surface area contributed by atoms with E-state index in [-0.39, 0.29) is 11.8 Å². The van der Waals surface area contributed by atoms with Crippen molar-refractivity contribution in [2.75, 3.05) is 18.0 Å². The molecule has 2 aliphatic carbocycles. The average molecular weight is 339 g/mol. The maximum Gasteiger partial charge on any atom is 0.223 e. The van der Waals surface area contributed by atoms with Gasteiger partial charge in [0.2, 0.25) is 5.91 Å². The molecule has 1 amide bonds. The summed E-state index contributed by atoms with van der Waals surface area (Å²) in [6, 6.07) is 4.09. The molecule has 1 N–H and O–H groups in total. The van der Waals surface area contributed by atoms with Crippen molar-refractivity contribution in [3.63, 3.8) is 0 Å². The molecule has 2 heterocycles. The van der Waals surface area contributed by atoms with Crippen LogP contribution in [0.4, 0.5) is 5.82 Å². The predicted octanol–water partition coefficient (Wildman–Crippen LogP) is 3.68. The van der Waals surface area contributed by atoms with Gasteiger partial charge in [-0.05, 0) is 43.6 Å². The third kappa shape index (κ3) is 3.73. The first-order valence-corrected chi connectivity index (χ1v) is 9.96. The Morgan fingerprint density at radius 1 is 1.12 bits per heavy atom. The monoisotopic (exact) mass is 339 g/mol. The quantitative estimate of drug-likeness (QED) is 0.851. The SMILES string of the molecule is O=C(NCc1cccnc1N1CCCCCCC1)[C@H]1C[C@@H]2C=C[C@H]1C2. The third-order valence-electron chi connectivity index (χ3n) is 6.09. The van der Waals surface area contributed by atoms with Crippen LogP contribution in [-0.4, -0.2) is 24.0 Å². The van der Waals surface area contributed by atoms with Gasteiger partial charge in [0.05, 0.1) is 0 Å². The smallest absolute Gasteiger partial charge is 0.223 e. The summed E-state index contributed by atoms with van der Waals surface area (Å²) in [4.78, 5) is 19.7. The van der Waals surface area contributed by atoms with E-state index in [1.807, 2.05) is 12.3 Å². The van der Waals surface area contributed by atoms with Crippen LogP contribution in [0.1, 0.15) is 50.5 Å². The minimum absolute atomic E-state index is 0.178. The topological polar surface area (TPSA) is 45.2 Å². The van der Waals surface area contributed by atoms with Gasteiger partial charge < -0.3 is 10.2 Å². The molecule has 2 bridgehead atoms. The standard InChI is InChI=1S/C21H29N3O/c25-21(19-14-16-8-9-17(19)13-16)23-15-18-7-6-10-22-20(18)24-11-4-2-1-3-5-12-24/h6-10,16-17,19H,1-5,11-15H2,(H,23,25)/t16-,17+,19+/m1/s1. The lowest BCUT2D eigenvalue weighted by molar-refractivity contribution is -0.125. The number of fused-ring (bicyclic) bond motifs is 2. The first-order valence-electron chi connectivity index (χ1n) is 9.96. The first kappa shape index (κ1) is 16.6. The summed E-state index contributed by atoms with van der Waals surface area (Å²) >= 11 is 0. The number of carbonyl (C=O) groups is 1. The summed E-state index contributed by atoms with van der Waals surface area (Å²) in [5.74, 6) is 2.57. The number of pyridine rings is 1. The van der Waals surface area contributed by atoms with E-state index in [2.05, 4.69) is 33.4 Å². The van der Waals surface area contributed by atoms with Gasteiger partial charge in [0.25, 0.3) is 0 Å². The van der Waals surface area contributed by atoms with Gasteiger partial charge in [-0.25, -0.2) is 4.98 Å². The number of hydrogen-bond donors (Lipinski definition) is 1. The molecule has 1 aliphatic heterocycles. The molecule has 0 spiro atoms. The van der Waals surface area contributed by atoms with Crippen molar-refractivity contribution in [2.24, 2.45) is 17.8 Å². The summed E-state index contributed by atoms with van der Waals surface area (Å²) in [5.41, 5.74) is 1.15. The minimum Gasteiger partial charge on any atom is -0.356 e. The molecule has 1 aromatic heterocycles. The Morgan fingerprint density at radius 2 is 1.92 bits per heavy atom. The largest absolute Gasteiger partial charge is 0.356 e. The average Bonchev–Trinajstić information content (AvgIpc) is 3.23. The Morgan fingerprint density at radius 3 is 2.64 bits per heavy atom. The zero-order chi connectivity index (χ0) is 17.1. The lowest BCUT2D eigenvalue weighted by Crippen LogP contribution is -2.34. The molecular weight excluding hydrogens is 310 g/mol. The molecule has 2 fully saturated rings. The number of rotatable bonds is 4. The highest BCUT2D eigenvalue weighted by Crippen LogP contribution is 2.43. The number of hydrogen-bond acceptors (Lipinski definition) is 3. The number of anilines is 1. The van der Waals surface area contributed by atoms with Crippen LogP contribution in [-0.2, 0) is 11.3 Å². The third-order valence-corrected chi connectivity index (χ3v) is 6.09. The lowest BCUT2D eigenvalue weighted by atomic mass is 9.93. The fourth-order valence-electron chi connectivity index (χ4n) is 4.71. The van der Waals surface area contributed by atoms with Crippen molar-refractivity contribution in [1.82, 2.24) is 10.3 Å². The van der Waals surface area contributed by atoms with Gasteiger partial charge in [-0.2, -0.15) is 0 Å². The van der Waals surface area contributed by atoms with Crippen LogP contribution in [0.15, 0.2) is 30.5 Å². The Labute approximate surface area is 150 Å². The van der Waals surface area contributed by atoms with Gasteiger partial charge in [-0.1, -0.05) is 37.5 Å². The normalized spacial score (nSPS) is 28.6. The lowest BCUT2D eigenvalue weighted by Gasteiger charge is -2.28. The summed E-state index contributed by atoms with van der Waals surface area (Å²) < 4.78 is 0. The van der Waals surface area contributed by atoms with Gasteiger partial charge in [-0.3, -0.25) is 4.79 Å². The highest BCUT2D eigenvalue weighted by molar-refractivity contribution is 5.80. The Hall–Kier alpha value is -1.84. The van der Waals surface area contributed by atoms with Crippen LogP contribution in [0.2, 0.25) is 0 Å². The highest BCUT2D eigenvalue weighted by Gasteiger charge is 2.39. The fraction of sp³-hybridized carbons (Fsp3) is 0.619. The van der Waals surface area contributed by atoms with Crippen molar-refractivity contribution in [3.05, 3.63) is 36.0 Å². The van der Waals surface area contributed by atoms with Gasteiger partial charge in [0.15, 0.2) is 0 Å². The Kier molecular flexibility index (Phi) is 5.04. The van der Waals surface area contributed by atoms with Gasteiger partial charge in [0, 0.05) is 37.3 Å². The second-order valence-electron chi connectivity index (χ2n) is 7.85. The van der Waals surface area contributed by atoms with Crippen molar-refractivity contribution in [2.45, 2.75) is 51.5 Å². The molecule has 4 heteroatoms. The van der Waals surface area contributed by atoms with E-state index in [0.29, 0.717) is 18.4 Å². The second-order valence-corrected chi connectivity index (χ2v) is 7.85. The molecule has 0 radical (unpaired) electrons. The molecule has 3 atom stereocenters. The Bertz CT molecular complexity index is 634. The number of carbonyl (C=O) groups excluding carboxylic acids is 1. The number of allylic oxidation sites excluding steroid dienone is 2. The first-order chi connectivity index (χ1) is 12.3. The summed E-state index contributed by atoms with van der Waals surface area (Å²) in [7, 11) is 0. The molecule has 1 saturated carbocycles. The van der Waals surface area contributed by atoms with Crippen molar-refractivity contribution >= 4 is 11.7 Å². The zero-order valence-electron chi connectivity index (χ0n) is 15.0. The van der Waals surface area contributed by atoms with Crippen LogP contribution < -0.4 is 10.2 Å². The molecule has 4 nitrogen and oxygen atoms in total. The highest BCUT2D eigenvalue weighted by atomic mass is 16.1. The van der Waals surface area contributed by atoms with Gasteiger partial charge in [0.1, 0.15) is 5.82 Å². The van der Waals surface area contributed by atoms with E-state index in [4.69, 9.17) is 0 Å². The van der Waals surface area contributed by atoms with Crippen molar-refractivity contribution in [1.29, 1.82) is 0 Å². The molecule has 1 aromatic rings. The molecule has 3 aliphatic rings. The maximum absolute atomic E-state index is 12.6. The maximum atomic E-state index is 12.6. The van der Waals surface area contributed by atoms with E-state index in [0.717, 1.165) is 30.9 Å². The fourth-order valence-corrected chi connectivity index (χ4v) is 4.71. The van der Waals surface area contributed by atoms with E-state index in [9.17, 15) is 4.79 Å². The molecule has 25 heavy (non-hydrogen) atoms. The van der Waals surface area contributed by atoms with E-state index >= 15 is 0 Å². The summed E-state index contributed by atoms with van der Waals surface area (Å²) in [6.07, 6.45) is 15.1. The number of nitrogens with one attached hydrogen (secondary N) is 1. The van der Waals surface area contributed by atoms with Crippen molar-refractivity contribution in [3.8, 4) is 0 Å².